The van der Waals surface area contributed by atoms with Gasteiger partial charge in [0, 0.05) is 17.8 Å². The van der Waals surface area contributed by atoms with Gasteiger partial charge in [0.25, 0.3) is 5.56 Å². The highest BCUT2D eigenvalue weighted by molar-refractivity contribution is 7.99. The van der Waals surface area contributed by atoms with Crippen LogP contribution in [0.5, 0.6) is 0 Å². The van der Waals surface area contributed by atoms with Crippen LogP contribution in [0, 0.1) is 0 Å². The third kappa shape index (κ3) is 4.88. The zero-order valence-electron chi connectivity index (χ0n) is 14.6. The molecule has 140 valence electrons. The van der Waals surface area contributed by atoms with Crippen molar-refractivity contribution in [1.29, 1.82) is 0 Å². The van der Waals surface area contributed by atoms with Crippen molar-refractivity contribution in [1.82, 2.24) is 9.55 Å². The Morgan fingerprint density at radius 2 is 1.96 bits per heavy atom. The highest BCUT2D eigenvalue weighted by Gasteiger charge is 2.13. The molecule has 0 aliphatic rings. The molecule has 6 nitrogen and oxygen atoms in total. The van der Waals surface area contributed by atoms with Crippen LogP contribution >= 0.6 is 23.4 Å². The quantitative estimate of drug-likeness (QED) is 0.483. The number of methoxy groups -OCH3 is 1. The van der Waals surface area contributed by atoms with Crippen LogP contribution in [0.1, 0.15) is 0 Å². The number of amides is 1. The molecule has 1 heterocycles. The zero-order valence-corrected chi connectivity index (χ0v) is 16.2. The van der Waals surface area contributed by atoms with Crippen molar-refractivity contribution in [3.8, 4) is 0 Å². The summed E-state index contributed by atoms with van der Waals surface area (Å²) in [4.78, 5) is 29.6. The van der Waals surface area contributed by atoms with Crippen molar-refractivity contribution in [2.45, 2.75) is 11.7 Å². The van der Waals surface area contributed by atoms with E-state index in [1.54, 1.807) is 54.1 Å². The van der Waals surface area contributed by atoms with E-state index in [9.17, 15) is 9.59 Å². The second-order valence-corrected chi connectivity index (χ2v) is 7.08. The number of halogens is 1. The Kier molecular flexibility index (Phi) is 6.49. The van der Waals surface area contributed by atoms with E-state index in [2.05, 4.69) is 10.3 Å². The van der Waals surface area contributed by atoms with Gasteiger partial charge in [-0.15, -0.1) is 0 Å². The first-order valence-corrected chi connectivity index (χ1v) is 9.61. The number of nitrogens with one attached hydrogen (secondary N) is 1. The van der Waals surface area contributed by atoms with Crippen molar-refractivity contribution in [3.63, 3.8) is 0 Å². The summed E-state index contributed by atoms with van der Waals surface area (Å²) in [6.07, 6.45) is 0. The average molecular weight is 404 g/mol. The molecule has 0 spiro atoms. The van der Waals surface area contributed by atoms with E-state index in [1.807, 2.05) is 6.07 Å². The standard InChI is InChI=1S/C19H18ClN3O3S/c1-26-11-10-23-18(25)15-4-2-3-5-16(15)22-19(23)27-12-17(24)21-14-8-6-13(20)7-9-14/h2-9H,10-12H2,1H3,(H,21,24). The summed E-state index contributed by atoms with van der Waals surface area (Å²) in [5.74, 6) is -0.0663. The second kappa shape index (κ2) is 9.03. The second-order valence-electron chi connectivity index (χ2n) is 5.70. The third-order valence-electron chi connectivity index (χ3n) is 3.81. The van der Waals surface area contributed by atoms with Crippen molar-refractivity contribution in [3.05, 3.63) is 63.9 Å². The summed E-state index contributed by atoms with van der Waals surface area (Å²) in [5, 5.41) is 4.43. The minimum absolute atomic E-state index is 0.125. The molecule has 0 unspecified atom stereocenters. The van der Waals surface area contributed by atoms with Crippen molar-refractivity contribution in [2.75, 3.05) is 24.8 Å². The maximum atomic E-state index is 12.8. The van der Waals surface area contributed by atoms with Crippen LogP contribution in [0.3, 0.4) is 0 Å². The van der Waals surface area contributed by atoms with Gasteiger partial charge in [0.15, 0.2) is 5.16 Å². The molecule has 0 fully saturated rings. The summed E-state index contributed by atoms with van der Waals surface area (Å²) in [7, 11) is 1.58. The first kappa shape index (κ1) is 19.4. The minimum atomic E-state index is -0.192. The van der Waals surface area contributed by atoms with Gasteiger partial charge < -0.3 is 10.1 Å². The molecule has 1 N–H and O–H groups in total. The Morgan fingerprint density at radius 1 is 1.22 bits per heavy atom. The van der Waals surface area contributed by atoms with Gasteiger partial charge in [-0.3, -0.25) is 14.2 Å². The molecule has 8 heteroatoms. The Bertz CT molecular complexity index is 1010. The lowest BCUT2D eigenvalue weighted by Crippen LogP contribution is -2.26. The van der Waals surface area contributed by atoms with Gasteiger partial charge in [-0.05, 0) is 36.4 Å². The number of carbonyl (C=O) groups excluding carboxylic acids is 1. The van der Waals surface area contributed by atoms with Gasteiger partial charge >= 0.3 is 0 Å². The monoisotopic (exact) mass is 403 g/mol. The Hall–Kier alpha value is -2.35. The number of benzene rings is 2. The largest absolute Gasteiger partial charge is 0.383 e. The third-order valence-corrected chi connectivity index (χ3v) is 5.03. The van der Waals surface area contributed by atoms with Gasteiger partial charge in [0.05, 0.1) is 29.8 Å². The van der Waals surface area contributed by atoms with Gasteiger partial charge in [-0.25, -0.2) is 4.98 Å². The summed E-state index contributed by atoms with van der Waals surface area (Å²) in [6.45, 7) is 0.749. The number of aromatic nitrogens is 2. The minimum Gasteiger partial charge on any atom is -0.383 e. The lowest BCUT2D eigenvalue weighted by molar-refractivity contribution is -0.113. The number of para-hydroxylation sites is 1. The van der Waals surface area contributed by atoms with Crippen LogP contribution in [0.2, 0.25) is 5.02 Å². The SMILES string of the molecule is COCCn1c(SCC(=O)Nc2ccc(Cl)cc2)nc2ccccc2c1=O. The molecule has 0 bridgehead atoms. The molecular weight excluding hydrogens is 386 g/mol. The highest BCUT2D eigenvalue weighted by atomic mass is 35.5. The van der Waals surface area contributed by atoms with Crippen LogP contribution < -0.4 is 10.9 Å². The number of rotatable bonds is 7. The number of hydrogen-bond acceptors (Lipinski definition) is 5. The molecule has 3 aromatic rings. The average Bonchev–Trinajstić information content (AvgIpc) is 2.68. The molecular formula is C19H18ClN3O3S. The highest BCUT2D eigenvalue weighted by Crippen LogP contribution is 2.19. The van der Waals surface area contributed by atoms with Crippen LogP contribution in [-0.4, -0.2) is 34.9 Å². The fraction of sp³-hybridized carbons (Fsp3) is 0.211. The van der Waals surface area contributed by atoms with Crippen LogP contribution in [0.25, 0.3) is 10.9 Å². The first-order valence-electron chi connectivity index (χ1n) is 8.25. The number of ether oxygens (including phenoxy) is 1. The smallest absolute Gasteiger partial charge is 0.262 e. The maximum Gasteiger partial charge on any atom is 0.262 e. The number of carbonyl (C=O) groups is 1. The Morgan fingerprint density at radius 3 is 2.70 bits per heavy atom. The zero-order chi connectivity index (χ0) is 19.2. The predicted molar refractivity (Wildman–Crippen MR) is 109 cm³/mol. The van der Waals surface area contributed by atoms with Crippen LogP contribution in [0.4, 0.5) is 5.69 Å². The van der Waals surface area contributed by atoms with E-state index in [4.69, 9.17) is 16.3 Å². The van der Waals surface area contributed by atoms with Gasteiger partial charge in [-0.1, -0.05) is 35.5 Å². The molecule has 0 saturated carbocycles. The molecule has 0 atom stereocenters. The fourth-order valence-electron chi connectivity index (χ4n) is 2.50. The van der Waals surface area contributed by atoms with Crippen LogP contribution in [-0.2, 0) is 16.1 Å². The fourth-order valence-corrected chi connectivity index (χ4v) is 3.45. The molecule has 1 amide bonds. The lowest BCUT2D eigenvalue weighted by Gasteiger charge is -2.12. The number of fused-ring (bicyclic) bond motifs is 1. The number of nitrogens with zero attached hydrogens (tertiary/aromatic N) is 2. The topological polar surface area (TPSA) is 73.2 Å². The van der Waals surface area contributed by atoms with Gasteiger partial charge in [-0.2, -0.15) is 0 Å². The number of thioether (sulfide) groups is 1. The van der Waals surface area contributed by atoms with E-state index in [-0.39, 0.29) is 17.2 Å². The summed E-state index contributed by atoms with van der Waals surface area (Å²) < 4.78 is 6.64. The first-order chi connectivity index (χ1) is 13.1. The molecule has 27 heavy (non-hydrogen) atoms. The molecule has 0 aliphatic carbocycles. The van der Waals surface area contributed by atoms with Crippen molar-refractivity contribution >= 4 is 45.9 Å². The Balaban J connectivity index is 1.79. The number of hydrogen-bond donors (Lipinski definition) is 1. The molecule has 2 aromatic carbocycles. The predicted octanol–water partition coefficient (Wildman–Crippen LogP) is 3.43. The van der Waals surface area contributed by atoms with E-state index < -0.39 is 0 Å². The van der Waals surface area contributed by atoms with E-state index in [1.165, 1.54) is 11.8 Å². The van der Waals surface area contributed by atoms with E-state index in [0.29, 0.717) is 39.9 Å². The van der Waals surface area contributed by atoms with Crippen molar-refractivity contribution in [2.24, 2.45) is 0 Å². The molecule has 1 aromatic heterocycles. The normalized spacial score (nSPS) is 10.9. The van der Waals surface area contributed by atoms with E-state index in [0.717, 1.165) is 0 Å². The van der Waals surface area contributed by atoms with Gasteiger partial charge in [0.1, 0.15) is 0 Å². The van der Waals surface area contributed by atoms with Gasteiger partial charge in [0.2, 0.25) is 5.91 Å². The molecule has 3 rings (SSSR count). The summed E-state index contributed by atoms with van der Waals surface area (Å²) >= 11 is 7.06. The number of anilines is 1. The van der Waals surface area contributed by atoms with Crippen LogP contribution in [0.15, 0.2) is 58.5 Å². The molecule has 0 radical (unpaired) electrons. The lowest BCUT2D eigenvalue weighted by atomic mass is 10.2. The summed E-state index contributed by atoms with van der Waals surface area (Å²) in [6, 6.07) is 14.0. The summed E-state index contributed by atoms with van der Waals surface area (Å²) in [5.41, 5.74) is 1.13. The van der Waals surface area contributed by atoms with E-state index >= 15 is 0 Å². The Labute approximate surface area is 165 Å². The molecule has 0 aliphatic heterocycles. The van der Waals surface area contributed by atoms with Crippen molar-refractivity contribution < 1.29 is 9.53 Å². The molecule has 0 saturated heterocycles. The maximum absolute atomic E-state index is 12.8.